The summed E-state index contributed by atoms with van der Waals surface area (Å²) in [5, 5.41) is 0. The number of carbonyl (C=O) groups excluding carboxylic acids is 1. The van der Waals surface area contributed by atoms with Crippen LogP contribution in [0.4, 0.5) is 0 Å². The van der Waals surface area contributed by atoms with Gasteiger partial charge in [-0.1, -0.05) is 122 Å². The largest absolute Gasteiger partial charge is 0.462 e. The molecular formula is C44H74O2. The molecule has 46 heavy (non-hydrogen) atoms. The zero-order valence-electron chi connectivity index (χ0n) is 31.3. The molecule has 0 aromatic heterocycles. The van der Waals surface area contributed by atoms with Crippen LogP contribution in [0, 0.1) is 46.3 Å². The number of fused-ring (bicyclic) bond motifs is 5. The van der Waals surface area contributed by atoms with Gasteiger partial charge in [0.25, 0.3) is 0 Å². The minimum absolute atomic E-state index is 0.0430. The molecule has 2 heteroatoms. The van der Waals surface area contributed by atoms with Crippen molar-refractivity contribution in [1.29, 1.82) is 0 Å². The lowest BCUT2D eigenvalue weighted by Gasteiger charge is -2.58. The van der Waals surface area contributed by atoms with Crippen LogP contribution in [0.2, 0.25) is 0 Å². The summed E-state index contributed by atoms with van der Waals surface area (Å²) in [6.45, 7) is 14.9. The first kappa shape index (κ1) is 37.5. The van der Waals surface area contributed by atoms with Crippen LogP contribution >= 0.6 is 0 Å². The summed E-state index contributed by atoms with van der Waals surface area (Å²) in [6, 6.07) is 0. The molecule has 3 fully saturated rings. The van der Waals surface area contributed by atoms with Crippen LogP contribution in [0.1, 0.15) is 183 Å². The van der Waals surface area contributed by atoms with Gasteiger partial charge in [0.2, 0.25) is 0 Å². The molecule has 4 rings (SSSR count). The number of rotatable bonds is 19. The van der Waals surface area contributed by atoms with Crippen molar-refractivity contribution < 1.29 is 9.53 Å². The summed E-state index contributed by atoms with van der Waals surface area (Å²) in [5.41, 5.74) is 2.51. The fraction of sp³-hybridized carbons (Fsp3) is 0.841. The SMILES string of the molecule is CCCCC/C=C\C/C=C\CCCCCCC(=O)O[C@H]1CC[C@@]2(C)C(=CC[C@H]3[C@@H]4CC[C@H](C(C)CCCC(C)C)[C@@]4(C)CC[C@@H]32)C1. The first-order valence-corrected chi connectivity index (χ1v) is 20.4. The first-order chi connectivity index (χ1) is 22.2. The monoisotopic (exact) mass is 635 g/mol. The Morgan fingerprint density at radius 3 is 2.33 bits per heavy atom. The predicted molar refractivity (Wildman–Crippen MR) is 198 cm³/mol. The van der Waals surface area contributed by atoms with Gasteiger partial charge in [-0.25, -0.2) is 0 Å². The van der Waals surface area contributed by atoms with Gasteiger partial charge >= 0.3 is 5.97 Å². The van der Waals surface area contributed by atoms with Gasteiger partial charge < -0.3 is 4.74 Å². The Balaban J connectivity index is 1.15. The fourth-order valence-corrected chi connectivity index (χ4v) is 10.9. The second-order valence-corrected chi connectivity index (χ2v) is 17.3. The van der Waals surface area contributed by atoms with E-state index in [-0.39, 0.29) is 12.1 Å². The Labute approximate surface area is 286 Å². The molecule has 4 aliphatic rings. The summed E-state index contributed by atoms with van der Waals surface area (Å²) in [4.78, 5) is 12.8. The average molecular weight is 635 g/mol. The summed E-state index contributed by atoms with van der Waals surface area (Å²) in [7, 11) is 0. The lowest BCUT2D eigenvalue weighted by atomic mass is 9.47. The van der Waals surface area contributed by atoms with Crippen LogP contribution in [0.5, 0.6) is 0 Å². The van der Waals surface area contributed by atoms with Gasteiger partial charge in [-0.3, -0.25) is 4.79 Å². The first-order valence-electron chi connectivity index (χ1n) is 20.4. The lowest BCUT2D eigenvalue weighted by Crippen LogP contribution is -2.51. The highest BCUT2D eigenvalue weighted by Crippen LogP contribution is 2.67. The molecule has 262 valence electrons. The molecule has 0 amide bonds. The predicted octanol–water partition coefficient (Wildman–Crippen LogP) is 13.4. The molecule has 0 radical (unpaired) electrons. The van der Waals surface area contributed by atoms with Crippen LogP contribution in [-0.4, -0.2) is 12.1 Å². The number of hydrogen-bond acceptors (Lipinski definition) is 2. The third-order valence-electron chi connectivity index (χ3n) is 13.6. The van der Waals surface area contributed by atoms with Crippen LogP contribution in [0.3, 0.4) is 0 Å². The number of carbonyl (C=O) groups is 1. The standard InChI is InChI=1S/C44H74O2/c1-7-8-9-10-11-12-13-14-15-16-17-18-19-20-24-42(45)46-37-29-31-43(5)36(33-37)25-26-38-40-28-27-39(35(4)23-21-22-34(2)3)44(40,6)32-30-41(38)43/h11-12,14-15,25,34-35,37-41H,7-10,13,16-24,26-33H2,1-6H3/b12-11-,15-14-/t35?,37-,38-,39+,40-,41-,43-,44+/m0/s1. The highest BCUT2D eigenvalue weighted by molar-refractivity contribution is 5.69. The molecule has 0 spiro atoms. The molecule has 0 saturated heterocycles. The average Bonchev–Trinajstić information content (AvgIpc) is 3.38. The van der Waals surface area contributed by atoms with Crippen molar-refractivity contribution in [2.75, 3.05) is 0 Å². The van der Waals surface area contributed by atoms with Crippen LogP contribution in [0.15, 0.2) is 36.0 Å². The van der Waals surface area contributed by atoms with E-state index in [2.05, 4.69) is 71.9 Å². The molecule has 2 nitrogen and oxygen atoms in total. The van der Waals surface area contributed by atoms with E-state index in [1.807, 2.05) is 0 Å². The van der Waals surface area contributed by atoms with Crippen molar-refractivity contribution in [3.05, 3.63) is 36.0 Å². The third kappa shape index (κ3) is 9.87. The fourth-order valence-electron chi connectivity index (χ4n) is 10.9. The molecule has 0 aliphatic heterocycles. The van der Waals surface area contributed by atoms with Crippen molar-refractivity contribution in [1.82, 2.24) is 0 Å². The van der Waals surface area contributed by atoms with Crippen molar-refractivity contribution >= 4 is 5.97 Å². The van der Waals surface area contributed by atoms with E-state index in [0.29, 0.717) is 17.3 Å². The van der Waals surface area contributed by atoms with Gasteiger partial charge in [-0.15, -0.1) is 0 Å². The molecule has 0 bridgehead atoms. The van der Waals surface area contributed by atoms with Crippen molar-refractivity contribution in [2.45, 2.75) is 189 Å². The Hall–Kier alpha value is -1.31. The van der Waals surface area contributed by atoms with Crippen LogP contribution in [-0.2, 0) is 9.53 Å². The summed E-state index contributed by atoms with van der Waals surface area (Å²) < 4.78 is 6.11. The maximum atomic E-state index is 12.8. The molecule has 4 aliphatic carbocycles. The lowest BCUT2D eigenvalue weighted by molar-refractivity contribution is -0.151. The minimum Gasteiger partial charge on any atom is -0.462 e. The van der Waals surface area contributed by atoms with E-state index in [1.54, 1.807) is 5.57 Å². The zero-order chi connectivity index (χ0) is 33.0. The quantitative estimate of drug-likeness (QED) is 0.0802. The maximum Gasteiger partial charge on any atom is 0.306 e. The number of unbranched alkanes of at least 4 members (excludes halogenated alkanes) is 7. The normalized spacial score (nSPS) is 33.2. The topological polar surface area (TPSA) is 26.3 Å². The molecule has 0 N–H and O–H groups in total. The van der Waals surface area contributed by atoms with Gasteiger partial charge in [-0.2, -0.15) is 0 Å². The molecule has 3 saturated carbocycles. The van der Waals surface area contributed by atoms with Crippen LogP contribution in [0.25, 0.3) is 0 Å². The molecule has 0 aromatic carbocycles. The van der Waals surface area contributed by atoms with Gasteiger partial charge in [0, 0.05) is 12.8 Å². The minimum atomic E-state index is 0.0430. The smallest absolute Gasteiger partial charge is 0.306 e. The van der Waals surface area contributed by atoms with Gasteiger partial charge in [0.05, 0.1) is 0 Å². The van der Waals surface area contributed by atoms with E-state index in [4.69, 9.17) is 4.74 Å². The Morgan fingerprint density at radius 2 is 1.59 bits per heavy atom. The van der Waals surface area contributed by atoms with E-state index >= 15 is 0 Å². The Morgan fingerprint density at radius 1 is 0.848 bits per heavy atom. The van der Waals surface area contributed by atoms with E-state index in [0.717, 1.165) is 74.0 Å². The van der Waals surface area contributed by atoms with Crippen molar-refractivity contribution in [2.24, 2.45) is 46.3 Å². The number of hydrogen-bond donors (Lipinski definition) is 0. The third-order valence-corrected chi connectivity index (χ3v) is 13.6. The van der Waals surface area contributed by atoms with Gasteiger partial charge in [0.15, 0.2) is 0 Å². The molecule has 0 heterocycles. The van der Waals surface area contributed by atoms with Gasteiger partial charge in [-0.05, 0) is 130 Å². The summed E-state index contributed by atoms with van der Waals surface area (Å²) >= 11 is 0. The molecule has 0 aromatic rings. The van der Waals surface area contributed by atoms with E-state index in [1.165, 1.54) is 96.3 Å². The molecular weight excluding hydrogens is 560 g/mol. The summed E-state index contributed by atoms with van der Waals surface area (Å²) in [5.74, 6) is 5.29. The molecule has 1 unspecified atom stereocenters. The highest BCUT2D eigenvalue weighted by Gasteiger charge is 2.59. The van der Waals surface area contributed by atoms with Crippen molar-refractivity contribution in [3.8, 4) is 0 Å². The van der Waals surface area contributed by atoms with E-state index < -0.39 is 0 Å². The second kappa shape index (κ2) is 18.5. The Bertz CT molecular complexity index is 1000. The summed E-state index contributed by atoms with van der Waals surface area (Å²) in [6.07, 6.45) is 39.1. The number of esters is 1. The maximum absolute atomic E-state index is 12.8. The Kier molecular flexibility index (Phi) is 15.0. The highest BCUT2D eigenvalue weighted by atomic mass is 16.5. The van der Waals surface area contributed by atoms with Crippen molar-refractivity contribution in [3.63, 3.8) is 0 Å². The molecule has 8 atom stereocenters. The number of allylic oxidation sites excluding steroid dienone is 5. The van der Waals surface area contributed by atoms with Gasteiger partial charge in [0.1, 0.15) is 6.10 Å². The second-order valence-electron chi connectivity index (χ2n) is 17.3. The van der Waals surface area contributed by atoms with E-state index in [9.17, 15) is 4.79 Å². The number of ether oxygens (including phenoxy) is 1. The zero-order valence-corrected chi connectivity index (χ0v) is 31.3. The van der Waals surface area contributed by atoms with Crippen LogP contribution < -0.4 is 0 Å².